The number of rotatable bonds is 3. The molecule has 2 atom stereocenters. The molecule has 1 aromatic carbocycles. The summed E-state index contributed by atoms with van der Waals surface area (Å²) in [5.41, 5.74) is 0.983. The predicted molar refractivity (Wildman–Crippen MR) is 73.1 cm³/mol. The summed E-state index contributed by atoms with van der Waals surface area (Å²) in [6, 6.07) is 8.11. The van der Waals surface area contributed by atoms with Crippen LogP contribution in [-0.2, 0) is 5.41 Å². The number of nitrogens with one attached hydrogen (secondary N) is 1. The van der Waals surface area contributed by atoms with Crippen molar-refractivity contribution < 1.29 is 9.84 Å². The molecule has 18 heavy (non-hydrogen) atoms. The van der Waals surface area contributed by atoms with Crippen molar-refractivity contribution in [2.45, 2.75) is 37.7 Å². The fourth-order valence-electron chi connectivity index (χ4n) is 2.92. The minimum absolute atomic E-state index is 0.189. The van der Waals surface area contributed by atoms with E-state index in [1.165, 1.54) is 5.56 Å². The molecule has 2 rings (SSSR count). The zero-order chi connectivity index (χ0) is 13.0. The van der Waals surface area contributed by atoms with Crippen molar-refractivity contribution in [2.75, 3.05) is 20.2 Å². The Morgan fingerprint density at radius 2 is 2.33 bits per heavy atom. The summed E-state index contributed by atoms with van der Waals surface area (Å²) in [6.45, 7) is 3.97. The first-order valence-electron chi connectivity index (χ1n) is 6.76. The minimum atomic E-state index is -0.287. The minimum Gasteiger partial charge on any atom is -0.497 e. The molecule has 2 N–H and O–H groups in total. The van der Waals surface area contributed by atoms with Crippen LogP contribution in [0.15, 0.2) is 24.3 Å². The Labute approximate surface area is 109 Å². The lowest BCUT2D eigenvalue weighted by Crippen LogP contribution is -2.45. The van der Waals surface area contributed by atoms with Crippen LogP contribution in [0, 0.1) is 0 Å². The quantitative estimate of drug-likeness (QED) is 0.862. The van der Waals surface area contributed by atoms with Gasteiger partial charge in [-0.3, -0.25) is 0 Å². The van der Waals surface area contributed by atoms with Gasteiger partial charge >= 0.3 is 0 Å². The van der Waals surface area contributed by atoms with Crippen LogP contribution in [0.1, 0.15) is 31.7 Å². The highest BCUT2D eigenvalue weighted by molar-refractivity contribution is 5.35. The summed E-state index contributed by atoms with van der Waals surface area (Å²) in [4.78, 5) is 0. The Morgan fingerprint density at radius 3 is 3.06 bits per heavy atom. The van der Waals surface area contributed by atoms with Crippen LogP contribution in [0.5, 0.6) is 5.75 Å². The highest BCUT2D eigenvalue weighted by Crippen LogP contribution is 2.36. The number of benzene rings is 1. The molecule has 0 saturated carbocycles. The van der Waals surface area contributed by atoms with Gasteiger partial charge in [0, 0.05) is 12.0 Å². The molecule has 0 amide bonds. The summed E-state index contributed by atoms with van der Waals surface area (Å²) in [5.74, 6) is 0.858. The van der Waals surface area contributed by atoms with E-state index in [1.54, 1.807) is 7.11 Å². The van der Waals surface area contributed by atoms with E-state index in [-0.39, 0.29) is 11.5 Å². The van der Waals surface area contributed by atoms with Gasteiger partial charge in [-0.2, -0.15) is 0 Å². The molecule has 1 fully saturated rings. The van der Waals surface area contributed by atoms with Gasteiger partial charge in [-0.25, -0.2) is 0 Å². The van der Waals surface area contributed by atoms with Crippen molar-refractivity contribution in [3.05, 3.63) is 29.8 Å². The second kappa shape index (κ2) is 5.72. The van der Waals surface area contributed by atoms with E-state index in [0.717, 1.165) is 38.1 Å². The molecule has 1 aliphatic heterocycles. The fraction of sp³-hybridized carbons (Fsp3) is 0.600. The lowest BCUT2D eigenvalue weighted by atomic mass is 9.72. The zero-order valence-corrected chi connectivity index (χ0v) is 11.3. The van der Waals surface area contributed by atoms with Crippen LogP contribution in [-0.4, -0.2) is 31.4 Å². The molecule has 1 aliphatic rings. The van der Waals surface area contributed by atoms with E-state index in [9.17, 15) is 5.11 Å². The molecule has 0 spiro atoms. The first-order chi connectivity index (χ1) is 8.73. The van der Waals surface area contributed by atoms with Crippen LogP contribution in [0.4, 0.5) is 0 Å². The van der Waals surface area contributed by atoms with Gasteiger partial charge in [0.05, 0.1) is 13.2 Å². The SMILES string of the molecule is CC[C@@]1(c2cccc(OC)c2)CNCCC[C@H]1O. The normalized spacial score (nSPS) is 28.7. The first kappa shape index (κ1) is 13.4. The molecular weight excluding hydrogens is 226 g/mol. The molecular formula is C15H23NO2. The number of ether oxygens (including phenoxy) is 1. The number of methoxy groups -OCH3 is 1. The monoisotopic (exact) mass is 249 g/mol. The molecule has 1 saturated heterocycles. The number of hydrogen-bond acceptors (Lipinski definition) is 3. The molecule has 0 aromatic heterocycles. The van der Waals surface area contributed by atoms with Crippen molar-refractivity contribution in [1.82, 2.24) is 5.32 Å². The molecule has 0 radical (unpaired) electrons. The highest BCUT2D eigenvalue weighted by Gasteiger charge is 2.38. The Kier molecular flexibility index (Phi) is 4.25. The van der Waals surface area contributed by atoms with Gasteiger partial charge in [0.1, 0.15) is 5.75 Å². The smallest absolute Gasteiger partial charge is 0.119 e. The van der Waals surface area contributed by atoms with Crippen molar-refractivity contribution >= 4 is 0 Å². The Balaban J connectivity index is 2.39. The third-order valence-corrected chi connectivity index (χ3v) is 4.18. The fourth-order valence-corrected chi connectivity index (χ4v) is 2.92. The average molecular weight is 249 g/mol. The van der Waals surface area contributed by atoms with Crippen LogP contribution < -0.4 is 10.1 Å². The van der Waals surface area contributed by atoms with E-state index in [1.807, 2.05) is 12.1 Å². The molecule has 100 valence electrons. The summed E-state index contributed by atoms with van der Waals surface area (Å²) in [6.07, 6.45) is 2.53. The van der Waals surface area contributed by atoms with E-state index in [0.29, 0.717) is 0 Å². The summed E-state index contributed by atoms with van der Waals surface area (Å²) < 4.78 is 5.30. The second-order valence-corrected chi connectivity index (χ2v) is 5.08. The van der Waals surface area contributed by atoms with Gasteiger partial charge in [0.15, 0.2) is 0 Å². The van der Waals surface area contributed by atoms with Crippen LogP contribution in [0.3, 0.4) is 0 Å². The van der Waals surface area contributed by atoms with Crippen LogP contribution >= 0.6 is 0 Å². The average Bonchev–Trinajstić information content (AvgIpc) is 2.61. The lowest BCUT2D eigenvalue weighted by molar-refractivity contribution is 0.0764. The number of aliphatic hydroxyl groups excluding tert-OH is 1. The van der Waals surface area contributed by atoms with Gasteiger partial charge < -0.3 is 15.2 Å². The zero-order valence-electron chi connectivity index (χ0n) is 11.3. The molecule has 3 nitrogen and oxygen atoms in total. The van der Waals surface area contributed by atoms with Crippen molar-refractivity contribution in [3.8, 4) is 5.75 Å². The van der Waals surface area contributed by atoms with Gasteiger partial charge in [-0.15, -0.1) is 0 Å². The maximum absolute atomic E-state index is 10.5. The molecule has 1 heterocycles. The second-order valence-electron chi connectivity index (χ2n) is 5.08. The van der Waals surface area contributed by atoms with Crippen LogP contribution in [0.2, 0.25) is 0 Å². The molecule has 0 bridgehead atoms. The predicted octanol–water partition coefficient (Wildman–Crippen LogP) is 2.09. The Hall–Kier alpha value is -1.06. The molecule has 3 heteroatoms. The van der Waals surface area contributed by atoms with E-state index in [4.69, 9.17) is 4.74 Å². The van der Waals surface area contributed by atoms with Gasteiger partial charge in [-0.05, 0) is 43.5 Å². The topological polar surface area (TPSA) is 41.5 Å². The van der Waals surface area contributed by atoms with E-state index >= 15 is 0 Å². The van der Waals surface area contributed by atoms with E-state index in [2.05, 4.69) is 24.4 Å². The van der Waals surface area contributed by atoms with E-state index < -0.39 is 0 Å². The first-order valence-corrected chi connectivity index (χ1v) is 6.76. The molecule has 1 aromatic rings. The summed E-state index contributed by atoms with van der Waals surface area (Å²) in [7, 11) is 1.68. The maximum atomic E-state index is 10.5. The maximum Gasteiger partial charge on any atom is 0.119 e. The van der Waals surface area contributed by atoms with Crippen molar-refractivity contribution in [2.24, 2.45) is 0 Å². The summed E-state index contributed by atoms with van der Waals surface area (Å²) in [5, 5.41) is 14.0. The molecule has 0 aliphatic carbocycles. The lowest BCUT2D eigenvalue weighted by Gasteiger charge is -2.36. The standard InChI is InChI=1S/C15H23NO2/c1-3-15(11-16-9-5-8-14(15)17)12-6-4-7-13(10-12)18-2/h4,6-7,10,14,16-17H,3,5,8-9,11H2,1-2H3/t14-,15+/m1/s1. The third kappa shape index (κ3) is 2.38. The third-order valence-electron chi connectivity index (χ3n) is 4.18. The Bertz CT molecular complexity index is 394. The summed E-state index contributed by atoms with van der Waals surface area (Å²) >= 11 is 0. The van der Waals surface area contributed by atoms with Gasteiger partial charge in [0.25, 0.3) is 0 Å². The Morgan fingerprint density at radius 1 is 1.50 bits per heavy atom. The largest absolute Gasteiger partial charge is 0.497 e. The highest BCUT2D eigenvalue weighted by atomic mass is 16.5. The molecule has 0 unspecified atom stereocenters. The van der Waals surface area contributed by atoms with Gasteiger partial charge in [-0.1, -0.05) is 19.1 Å². The van der Waals surface area contributed by atoms with Crippen LogP contribution in [0.25, 0.3) is 0 Å². The number of hydrogen-bond donors (Lipinski definition) is 2. The van der Waals surface area contributed by atoms with Gasteiger partial charge in [0.2, 0.25) is 0 Å². The number of aliphatic hydroxyl groups is 1. The van der Waals surface area contributed by atoms with Crippen molar-refractivity contribution in [1.29, 1.82) is 0 Å². The van der Waals surface area contributed by atoms with Crippen molar-refractivity contribution in [3.63, 3.8) is 0 Å².